The summed E-state index contributed by atoms with van der Waals surface area (Å²) in [5.41, 5.74) is 0. The molecule has 0 N–H and O–H groups in total. The minimum atomic E-state index is -0.565. The second-order valence-electron chi connectivity index (χ2n) is 3.15. The minimum Gasteiger partial charge on any atom is -0.479 e. The summed E-state index contributed by atoms with van der Waals surface area (Å²) in [6.45, 7) is 3.82. The standard InChI is InChI=1S/C10H16FN3O2/c1-4-16-6-5-14(2)10-12-7-8(11)9(13-10)15-3/h7H,4-6H2,1-3H3. The first-order valence-corrected chi connectivity index (χ1v) is 5.04. The monoisotopic (exact) mass is 229 g/mol. The Balaban J connectivity index is 2.64. The molecule has 1 rings (SSSR count). The summed E-state index contributed by atoms with van der Waals surface area (Å²) in [5, 5.41) is 0. The highest BCUT2D eigenvalue weighted by atomic mass is 19.1. The number of aromatic nitrogens is 2. The normalized spacial score (nSPS) is 10.2. The lowest BCUT2D eigenvalue weighted by Gasteiger charge is -2.16. The predicted octanol–water partition coefficient (Wildman–Crippen LogP) is 1.10. The Morgan fingerprint density at radius 3 is 2.88 bits per heavy atom. The van der Waals surface area contributed by atoms with Gasteiger partial charge < -0.3 is 14.4 Å². The molecular formula is C10H16FN3O2. The molecule has 0 fully saturated rings. The number of likely N-dealkylation sites (N-methyl/N-ethyl adjacent to an activating group) is 1. The number of anilines is 1. The van der Waals surface area contributed by atoms with Crippen molar-refractivity contribution in [2.24, 2.45) is 0 Å². The Kier molecular flexibility index (Phi) is 4.91. The SMILES string of the molecule is CCOCCN(C)c1ncc(F)c(OC)n1. The molecule has 1 aromatic heterocycles. The molecule has 0 saturated carbocycles. The summed E-state index contributed by atoms with van der Waals surface area (Å²) in [4.78, 5) is 9.58. The van der Waals surface area contributed by atoms with E-state index in [0.29, 0.717) is 25.7 Å². The summed E-state index contributed by atoms with van der Waals surface area (Å²) in [6, 6.07) is 0. The summed E-state index contributed by atoms with van der Waals surface area (Å²) < 4.78 is 23.0. The second-order valence-corrected chi connectivity index (χ2v) is 3.15. The van der Waals surface area contributed by atoms with Crippen molar-refractivity contribution in [1.82, 2.24) is 9.97 Å². The van der Waals surface area contributed by atoms with Crippen molar-refractivity contribution in [1.29, 1.82) is 0 Å². The molecule has 0 bridgehead atoms. The third-order valence-corrected chi connectivity index (χ3v) is 2.01. The number of hydrogen-bond acceptors (Lipinski definition) is 5. The molecule has 0 aliphatic heterocycles. The summed E-state index contributed by atoms with van der Waals surface area (Å²) in [7, 11) is 3.18. The van der Waals surface area contributed by atoms with Gasteiger partial charge in [0, 0.05) is 20.2 Å². The molecule has 0 saturated heterocycles. The van der Waals surface area contributed by atoms with E-state index < -0.39 is 5.82 Å². The van der Waals surface area contributed by atoms with Gasteiger partial charge >= 0.3 is 0 Å². The topological polar surface area (TPSA) is 47.5 Å². The molecule has 5 nitrogen and oxygen atoms in total. The lowest BCUT2D eigenvalue weighted by molar-refractivity contribution is 0.154. The lowest BCUT2D eigenvalue weighted by Crippen LogP contribution is -2.24. The van der Waals surface area contributed by atoms with Gasteiger partial charge in [0.05, 0.1) is 19.9 Å². The zero-order valence-electron chi connectivity index (χ0n) is 9.73. The maximum Gasteiger partial charge on any atom is 0.255 e. The van der Waals surface area contributed by atoms with Crippen LogP contribution in [0.2, 0.25) is 0 Å². The number of rotatable bonds is 6. The molecule has 0 unspecified atom stereocenters. The summed E-state index contributed by atoms with van der Waals surface area (Å²) in [6.07, 6.45) is 1.10. The van der Waals surface area contributed by atoms with Gasteiger partial charge in [0.2, 0.25) is 11.8 Å². The van der Waals surface area contributed by atoms with E-state index in [1.807, 2.05) is 14.0 Å². The van der Waals surface area contributed by atoms with E-state index in [-0.39, 0.29) is 5.88 Å². The van der Waals surface area contributed by atoms with E-state index in [1.54, 1.807) is 4.90 Å². The van der Waals surface area contributed by atoms with Gasteiger partial charge in [-0.3, -0.25) is 0 Å². The third kappa shape index (κ3) is 3.30. The van der Waals surface area contributed by atoms with E-state index >= 15 is 0 Å². The Morgan fingerprint density at radius 2 is 2.25 bits per heavy atom. The van der Waals surface area contributed by atoms with Crippen LogP contribution in [0.1, 0.15) is 6.92 Å². The van der Waals surface area contributed by atoms with Crippen molar-refractivity contribution in [3.8, 4) is 5.88 Å². The van der Waals surface area contributed by atoms with E-state index in [9.17, 15) is 4.39 Å². The van der Waals surface area contributed by atoms with E-state index in [0.717, 1.165) is 6.20 Å². The number of nitrogens with zero attached hydrogens (tertiary/aromatic N) is 3. The first-order chi connectivity index (χ1) is 7.69. The van der Waals surface area contributed by atoms with Crippen LogP contribution in [0, 0.1) is 5.82 Å². The van der Waals surface area contributed by atoms with Gasteiger partial charge in [0.25, 0.3) is 5.88 Å². The molecular weight excluding hydrogens is 213 g/mol. The molecule has 0 atom stereocenters. The van der Waals surface area contributed by atoms with Crippen molar-refractivity contribution in [3.63, 3.8) is 0 Å². The van der Waals surface area contributed by atoms with E-state index in [1.165, 1.54) is 7.11 Å². The molecule has 0 spiro atoms. The third-order valence-electron chi connectivity index (χ3n) is 2.01. The Morgan fingerprint density at radius 1 is 1.50 bits per heavy atom. The molecule has 0 amide bonds. The Bertz CT molecular complexity index is 336. The van der Waals surface area contributed by atoms with Crippen LogP contribution in [0.4, 0.5) is 10.3 Å². The highest BCUT2D eigenvalue weighted by Crippen LogP contribution is 2.15. The number of ether oxygens (including phenoxy) is 2. The molecule has 16 heavy (non-hydrogen) atoms. The number of halogens is 1. The van der Waals surface area contributed by atoms with Crippen LogP contribution in [0.3, 0.4) is 0 Å². The minimum absolute atomic E-state index is 0.0479. The highest BCUT2D eigenvalue weighted by molar-refractivity contribution is 5.31. The zero-order chi connectivity index (χ0) is 12.0. The lowest BCUT2D eigenvalue weighted by atomic mass is 10.5. The first kappa shape index (κ1) is 12.6. The van der Waals surface area contributed by atoms with Crippen molar-refractivity contribution >= 4 is 5.95 Å². The van der Waals surface area contributed by atoms with Crippen LogP contribution in [-0.4, -0.2) is 43.9 Å². The quantitative estimate of drug-likeness (QED) is 0.683. The molecule has 0 radical (unpaired) electrons. The zero-order valence-corrected chi connectivity index (χ0v) is 9.73. The highest BCUT2D eigenvalue weighted by Gasteiger charge is 2.09. The fraction of sp³-hybridized carbons (Fsp3) is 0.600. The fourth-order valence-electron chi connectivity index (χ4n) is 1.12. The van der Waals surface area contributed by atoms with Gasteiger partial charge in [0.15, 0.2) is 0 Å². The second kappa shape index (κ2) is 6.22. The smallest absolute Gasteiger partial charge is 0.255 e. The van der Waals surface area contributed by atoms with Gasteiger partial charge in [-0.25, -0.2) is 4.98 Å². The van der Waals surface area contributed by atoms with Gasteiger partial charge in [-0.05, 0) is 6.92 Å². The molecule has 0 aliphatic carbocycles. The summed E-state index contributed by atoms with van der Waals surface area (Å²) in [5.74, 6) is -0.198. The maximum atomic E-state index is 13.0. The van der Waals surface area contributed by atoms with Crippen molar-refractivity contribution < 1.29 is 13.9 Å². The van der Waals surface area contributed by atoms with Crippen molar-refractivity contribution in [3.05, 3.63) is 12.0 Å². The molecule has 1 aromatic rings. The van der Waals surface area contributed by atoms with Crippen LogP contribution in [0.5, 0.6) is 5.88 Å². The van der Waals surface area contributed by atoms with Crippen LogP contribution >= 0.6 is 0 Å². The van der Waals surface area contributed by atoms with Crippen LogP contribution in [0.15, 0.2) is 6.20 Å². The van der Waals surface area contributed by atoms with Gasteiger partial charge in [-0.15, -0.1) is 0 Å². The number of hydrogen-bond donors (Lipinski definition) is 0. The van der Waals surface area contributed by atoms with Gasteiger partial charge in [0.1, 0.15) is 0 Å². The molecule has 0 aromatic carbocycles. The molecule has 6 heteroatoms. The Labute approximate surface area is 94.2 Å². The maximum absolute atomic E-state index is 13.0. The van der Waals surface area contributed by atoms with E-state index in [4.69, 9.17) is 9.47 Å². The van der Waals surface area contributed by atoms with Gasteiger partial charge in [-0.1, -0.05) is 0 Å². The van der Waals surface area contributed by atoms with Crippen LogP contribution < -0.4 is 9.64 Å². The van der Waals surface area contributed by atoms with Gasteiger partial charge in [-0.2, -0.15) is 9.37 Å². The molecule has 1 heterocycles. The van der Waals surface area contributed by atoms with Crippen molar-refractivity contribution in [2.45, 2.75) is 6.92 Å². The largest absolute Gasteiger partial charge is 0.479 e. The average Bonchev–Trinajstić information content (AvgIpc) is 2.30. The summed E-state index contributed by atoms with van der Waals surface area (Å²) >= 11 is 0. The average molecular weight is 229 g/mol. The Hall–Kier alpha value is -1.43. The van der Waals surface area contributed by atoms with Crippen LogP contribution in [0.25, 0.3) is 0 Å². The van der Waals surface area contributed by atoms with E-state index in [2.05, 4.69) is 9.97 Å². The van der Waals surface area contributed by atoms with Crippen molar-refractivity contribution in [2.75, 3.05) is 38.8 Å². The first-order valence-electron chi connectivity index (χ1n) is 5.04. The molecule has 0 aliphatic rings. The number of methoxy groups -OCH3 is 1. The predicted molar refractivity (Wildman–Crippen MR) is 58.3 cm³/mol. The fourth-order valence-corrected chi connectivity index (χ4v) is 1.12. The van der Waals surface area contributed by atoms with Crippen LogP contribution in [-0.2, 0) is 4.74 Å². The molecule has 90 valence electrons.